The Hall–Kier alpha value is -1.80. The van der Waals surface area contributed by atoms with Crippen molar-refractivity contribution in [2.24, 2.45) is 0 Å². The van der Waals surface area contributed by atoms with E-state index in [0.29, 0.717) is 17.4 Å². The predicted octanol–water partition coefficient (Wildman–Crippen LogP) is 16.5. The fraction of sp³-hybridized carbons (Fsp3) is 0.807. The standard InChI is InChI=1S/C57H107N2O6P/c1-6-8-10-12-14-16-18-20-22-23-24-25-26-27-28-29-30-31-32-33-34-35-37-38-40-42-44-46-48-50-56(60)55(54-65-66(62,63)64-53-52-59(3,4)5)58-57(61)51-49-47-45-43-41-39-36-21-19-17-15-13-11-9-7-2/h9,11,15,17,21,36,40,42,48,50,55-56,60H,6-8,10,12-14,16,18-20,22-35,37-39,41,43-47,49,51-54H2,1-5H3,(H-,58,61,62,63)/p+1/b11-9-,17-15-,36-21-,42-40+,50-48+. The molecule has 3 N–H and O–H groups in total. The van der Waals surface area contributed by atoms with Crippen molar-refractivity contribution in [1.82, 2.24) is 5.32 Å². The molecule has 0 bridgehead atoms. The van der Waals surface area contributed by atoms with Gasteiger partial charge in [0.05, 0.1) is 39.9 Å². The molecular weight excluding hydrogens is 840 g/mol. The van der Waals surface area contributed by atoms with Gasteiger partial charge in [-0.3, -0.25) is 13.8 Å². The number of aliphatic hydroxyl groups excluding tert-OH is 1. The molecule has 8 nitrogen and oxygen atoms in total. The summed E-state index contributed by atoms with van der Waals surface area (Å²) in [5.74, 6) is -0.204. The van der Waals surface area contributed by atoms with Gasteiger partial charge in [0.15, 0.2) is 0 Å². The molecule has 3 unspecified atom stereocenters. The number of hydrogen-bond acceptors (Lipinski definition) is 5. The quantitative estimate of drug-likeness (QED) is 0.0243. The van der Waals surface area contributed by atoms with Crippen LogP contribution in [0.4, 0.5) is 0 Å². The van der Waals surface area contributed by atoms with Gasteiger partial charge >= 0.3 is 7.82 Å². The van der Waals surface area contributed by atoms with Crippen LogP contribution in [0.1, 0.15) is 245 Å². The van der Waals surface area contributed by atoms with Crippen LogP contribution >= 0.6 is 7.82 Å². The third-order valence-electron chi connectivity index (χ3n) is 12.2. The molecule has 1 amide bonds. The van der Waals surface area contributed by atoms with E-state index in [9.17, 15) is 19.4 Å². The summed E-state index contributed by atoms with van der Waals surface area (Å²) < 4.78 is 23.6. The molecule has 0 aliphatic rings. The maximum atomic E-state index is 12.9. The van der Waals surface area contributed by atoms with Crippen LogP contribution < -0.4 is 5.32 Å². The number of likely N-dealkylation sites (N-methyl/N-ethyl adjacent to an activating group) is 1. The molecule has 3 atom stereocenters. The van der Waals surface area contributed by atoms with E-state index < -0.39 is 20.0 Å². The zero-order chi connectivity index (χ0) is 48.5. The number of hydrogen-bond donors (Lipinski definition) is 3. The summed E-state index contributed by atoms with van der Waals surface area (Å²) in [4.78, 5) is 23.2. The molecule has 0 aliphatic heterocycles. The Bertz CT molecular complexity index is 1260. The van der Waals surface area contributed by atoms with Crippen LogP contribution in [0.3, 0.4) is 0 Å². The first-order valence-electron chi connectivity index (χ1n) is 27.7. The first-order chi connectivity index (χ1) is 32.0. The lowest BCUT2D eigenvalue weighted by atomic mass is 10.0. The second-order valence-corrected chi connectivity index (χ2v) is 21.4. The molecular formula is C57H108N2O6P+. The smallest absolute Gasteiger partial charge is 0.387 e. The normalized spacial score (nSPS) is 14.5. The van der Waals surface area contributed by atoms with E-state index in [1.165, 1.54) is 148 Å². The Labute approximate surface area is 409 Å². The third kappa shape index (κ3) is 50.1. The highest BCUT2D eigenvalue weighted by molar-refractivity contribution is 7.47. The Morgan fingerprint density at radius 1 is 0.530 bits per heavy atom. The van der Waals surface area contributed by atoms with Crippen LogP contribution in [-0.4, -0.2) is 73.4 Å². The van der Waals surface area contributed by atoms with Crippen LogP contribution in [0.15, 0.2) is 60.8 Å². The van der Waals surface area contributed by atoms with E-state index in [1.807, 2.05) is 27.2 Å². The minimum Gasteiger partial charge on any atom is -0.387 e. The number of allylic oxidation sites excluding steroid dienone is 9. The fourth-order valence-electron chi connectivity index (χ4n) is 7.90. The van der Waals surface area contributed by atoms with Crippen molar-refractivity contribution in [2.75, 3.05) is 40.9 Å². The molecule has 0 saturated carbocycles. The van der Waals surface area contributed by atoms with Crippen molar-refractivity contribution in [1.29, 1.82) is 0 Å². The average Bonchev–Trinajstić information content (AvgIpc) is 3.28. The van der Waals surface area contributed by atoms with Gasteiger partial charge in [-0.15, -0.1) is 0 Å². The Morgan fingerprint density at radius 2 is 0.924 bits per heavy atom. The van der Waals surface area contributed by atoms with Crippen molar-refractivity contribution >= 4 is 13.7 Å². The minimum absolute atomic E-state index is 0.0504. The third-order valence-corrected chi connectivity index (χ3v) is 13.2. The Kier molecular flexibility index (Phi) is 46.9. The second-order valence-electron chi connectivity index (χ2n) is 19.9. The Morgan fingerprint density at radius 3 is 1.39 bits per heavy atom. The molecule has 0 aliphatic carbocycles. The van der Waals surface area contributed by atoms with Gasteiger partial charge in [-0.05, 0) is 64.2 Å². The molecule has 0 radical (unpaired) electrons. The average molecular weight is 948 g/mol. The number of phosphoric acid groups is 1. The van der Waals surface area contributed by atoms with Gasteiger partial charge < -0.3 is 19.8 Å². The van der Waals surface area contributed by atoms with Crippen LogP contribution in [0, 0.1) is 0 Å². The highest BCUT2D eigenvalue weighted by atomic mass is 31.2. The van der Waals surface area contributed by atoms with E-state index in [1.54, 1.807) is 6.08 Å². The number of amides is 1. The predicted molar refractivity (Wildman–Crippen MR) is 286 cm³/mol. The van der Waals surface area contributed by atoms with Gasteiger partial charge in [-0.2, -0.15) is 0 Å². The maximum absolute atomic E-state index is 12.9. The maximum Gasteiger partial charge on any atom is 0.472 e. The summed E-state index contributed by atoms with van der Waals surface area (Å²) >= 11 is 0. The van der Waals surface area contributed by atoms with Crippen LogP contribution in [-0.2, 0) is 18.4 Å². The van der Waals surface area contributed by atoms with Crippen molar-refractivity contribution in [3.05, 3.63) is 60.8 Å². The number of aliphatic hydroxyl groups is 1. The SMILES string of the molecule is CC/C=C\C/C=C\C/C=C\CCCCCCCC(=O)NC(COP(=O)(O)OCC[N+](C)(C)C)C(O)/C=C/CC/C=C/CCCCCCCCCCCCCCCCCCCCCCCCC. The first-order valence-corrected chi connectivity index (χ1v) is 29.2. The molecule has 386 valence electrons. The number of carbonyl (C=O) groups is 1. The minimum atomic E-state index is -4.36. The van der Waals surface area contributed by atoms with Crippen molar-refractivity contribution in [3.63, 3.8) is 0 Å². The van der Waals surface area contributed by atoms with Gasteiger partial charge in [0.1, 0.15) is 13.2 Å². The van der Waals surface area contributed by atoms with Crippen LogP contribution in [0.25, 0.3) is 0 Å². The molecule has 0 spiro atoms. The number of rotatable bonds is 50. The molecule has 9 heteroatoms. The summed E-state index contributed by atoms with van der Waals surface area (Å²) in [5.41, 5.74) is 0. The van der Waals surface area contributed by atoms with E-state index >= 15 is 0 Å². The summed E-state index contributed by atoms with van der Waals surface area (Å²) in [6.45, 7) is 4.68. The van der Waals surface area contributed by atoms with Crippen molar-refractivity contribution in [3.8, 4) is 0 Å². The number of nitrogens with one attached hydrogen (secondary N) is 1. The van der Waals surface area contributed by atoms with Gasteiger partial charge in [0.2, 0.25) is 5.91 Å². The molecule has 0 heterocycles. The zero-order valence-electron chi connectivity index (χ0n) is 43.9. The van der Waals surface area contributed by atoms with E-state index in [4.69, 9.17) is 9.05 Å². The van der Waals surface area contributed by atoms with Crippen molar-refractivity contribution < 1.29 is 32.9 Å². The lowest BCUT2D eigenvalue weighted by molar-refractivity contribution is -0.870. The summed E-state index contributed by atoms with van der Waals surface area (Å²) in [6, 6.07) is -0.875. The molecule has 0 fully saturated rings. The molecule has 0 aromatic heterocycles. The Balaban J connectivity index is 4.22. The van der Waals surface area contributed by atoms with Gasteiger partial charge in [0, 0.05) is 6.42 Å². The fourth-order valence-corrected chi connectivity index (χ4v) is 8.63. The lowest BCUT2D eigenvalue weighted by Gasteiger charge is -2.25. The van der Waals surface area contributed by atoms with E-state index in [2.05, 4.69) is 67.8 Å². The highest BCUT2D eigenvalue weighted by Gasteiger charge is 2.27. The summed E-state index contributed by atoms with van der Waals surface area (Å²) in [6.07, 6.45) is 64.8. The largest absolute Gasteiger partial charge is 0.472 e. The van der Waals surface area contributed by atoms with Gasteiger partial charge in [0.25, 0.3) is 0 Å². The van der Waals surface area contributed by atoms with Crippen molar-refractivity contribution in [2.45, 2.75) is 257 Å². The number of unbranched alkanes of at least 4 members (excludes halogenated alkanes) is 29. The zero-order valence-corrected chi connectivity index (χ0v) is 44.8. The molecule has 66 heavy (non-hydrogen) atoms. The summed E-state index contributed by atoms with van der Waals surface area (Å²) in [7, 11) is 1.54. The molecule has 0 aromatic rings. The number of nitrogens with zero attached hydrogens (tertiary/aromatic N) is 1. The van der Waals surface area contributed by atoms with Crippen LogP contribution in [0.2, 0.25) is 0 Å². The second kappa shape index (κ2) is 48.2. The molecule has 0 rings (SSSR count). The van der Waals surface area contributed by atoms with Gasteiger partial charge in [-0.25, -0.2) is 4.57 Å². The summed E-state index contributed by atoms with van der Waals surface area (Å²) in [5, 5.41) is 13.9. The number of carbonyl (C=O) groups excluding carboxylic acids is 1. The molecule has 0 saturated heterocycles. The van der Waals surface area contributed by atoms with E-state index in [0.717, 1.165) is 77.0 Å². The van der Waals surface area contributed by atoms with E-state index in [-0.39, 0.29) is 19.1 Å². The number of phosphoric ester groups is 1. The topological polar surface area (TPSA) is 105 Å². The first kappa shape index (κ1) is 64.2. The highest BCUT2D eigenvalue weighted by Crippen LogP contribution is 2.43. The van der Waals surface area contributed by atoms with Gasteiger partial charge in [-0.1, -0.05) is 235 Å². The number of quaternary nitrogens is 1. The monoisotopic (exact) mass is 948 g/mol. The lowest BCUT2D eigenvalue weighted by Crippen LogP contribution is -2.45. The molecule has 0 aromatic carbocycles. The van der Waals surface area contributed by atoms with Crippen LogP contribution in [0.5, 0.6) is 0 Å².